The highest BCUT2D eigenvalue weighted by molar-refractivity contribution is 5.48. The summed E-state index contributed by atoms with van der Waals surface area (Å²) in [4.78, 5) is 0. The van der Waals surface area contributed by atoms with E-state index in [-0.39, 0.29) is 5.41 Å². The van der Waals surface area contributed by atoms with E-state index in [9.17, 15) is 10.2 Å². The molecule has 0 spiro atoms. The Morgan fingerprint density at radius 1 is 0.548 bits per heavy atom. The van der Waals surface area contributed by atoms with E-state index in [1.807, 2.05) is 48.5 Å². The summed E-state index contributed by atoms with van der Waals surface area (Å²) < 4.78 is 0. The van der Waals surface area contributed by atoms with Crippen molar-refractivity contribution in [3.8, 4) is 11.5 Å². The number of hydrogen-bond acceptors (Lipinski definition) is 2. The SMILES string of the molecule is CC(C)(c1ccc(O)c(Cc2ccccc2)c1)c1ccc(O)c(Cc2ccccc2)c1. The van der Waals surface area contributed by atoms with Crippen LogP contribution in [0.4, 0.5) is 0 Å². The second-order valence-corrected chi connectivity index (χ2v) is 8.64. The fourth-order valence-electron chi connectivity index (χ4n) is 4.03. The monoisotopic (exact) mass is 408 g/mol. The Labute approximate surface area is 184 Å². The molecule has 4 rings (SSSR count). The first-order chi connectivity index (χ1) is 14.9. The first-order valence-corrected chi connectivity index (χ1v) is 10.7. The predicted octanol–water partition coefficient (Wildman–Crippen LogP) is 6.61. The van der Waals surface area contributed by atoms with Crippen LogP contribution in [0.1, 0.15) is 47.2 Å². The molecule has 0 atom stereocenters. The largest absolute Gasteiger partial charge is 0.508 e. The third-order valence-corrected chi connectivity index (χ3v) is 6.08. The van der Waals surface area contributed by atoms with Crippen molar-refractivity contribution >= 4 is 0 Å². The predicted molar refractivity (Wildman–Crippen MR) is 127 cm³/mol. The van der Waals surface area contributed by atoms with Gasteiger partial charge in [-0.1, -0.05) is 98.8 Å². The summed E-state index contributed by atoms with van der Waals surface area (Å²) in [5, 5.41) is 20.9. The Hall–Kier alpha value is -3.52. The Morgan fingerprint density at radius 2 is 0.935 bits per heavy atom. The molecule has 0 saturated heterocycles. The van der Waals surface area contributed by atoms with Crippen LogP contribution in [-0.2, 0) is 18.3 Å². The molecular weight excluding hydrogens is 380 g/mol. The van der Waals surface area contributed by atoms with Gasteiger partial charge in [-0.15, -0.1) is 0 Å². The fourth-order valence-corrected chi connectivity index (χ4v) is 4.03. The summed E-state index contributed by atoms with van der Waals surface area (Å²) in [5.41, 5.74) is 6.16. The van der Waals surface area contributed by atoms with Gasteiger partial charge in [0.2, 0.25) is 0 Å². The van der Waals surface area contributed by atoms with Gasteiger partial charge in [0.1, 0.15) is 11.5 Å². The molecule has 0 amide bonds. The van der Waals surface area contributed by atoms with Gasteiger partial charge in [0, 0.05) is 18.3 Å². The van der Waals surface area contributed by atoms with Crippen molar-refractivity contribution in [2.24, 2.45) is 0 Å². The van der Waals surface area contributed by atoms with Gasteiger partial charge in [0.15, 0.2) is 0 Å². The number of aromatic hydroxyl groups is 2. The summed E-state index contributed by atoms with van der Waals surface area (Å²) >= 11 is 0. The smallest absolute Gasteiger partial charge is 0.119 e. The summed E-state index contributed by atoms with van der Waals surface area (Å²) in [6.07, 6.45) is 1.37. The van der Waals surface area contributed by atoms with E-state index in [0.29, 0.717) is 24.3 Å². The molecule has 31 heavy (non-hydrogen) atoms. The Bertz CT molecular complexity index is 1070. The normalized spacial score (nSPS) is 11.4. The topological polar surface area (TPSA) is 40.5 Å². The summed E-state index contributed by atoms with van der Waals surface area (Å²) in [6.45, 7) is 4.37. The van der Waals surface area contributed by atoms with Crippen LogP contribution in [-0.4, -0.2) is 10.2 Å². The van der Waals surface area contributed by atoms with Crippen LogP contribution >= 0.6 is 0 Å². The summed E-state index contributed by atoms with van der Waals surface area (Å²) in [7, 11) is 0. The fraction of sp³-hybridized carbons (Fsp3) is 0.172. The van der Waals surface area contributed by atoms with Crippen molar-refractivity contribution in [1.82, 2.24) is 0 Å². The van der Waals surface area contributed by atoms with Gasteiger partial charge < -0.3 is 10.2 Å². The third kappa shape index (κ3) is 4.64. The van der Waals surface area contributed by atoms with E-state index < -0.39 is 0 Å². The van der Waals surface area contributed by atoms with Crippen LogP contribution in [0.25, 0.3) is 0 Å². The molecule has 2 heteroatoms. The van der Waals surface area contributed by atoms with E-state index in [2.05, 4.69) is 50.2 Å². The molecule has 0 radical (unpaired) electrons. The zero-order chi connectivity index (χ0) is 21.8. The zero-order valence-corrected chi connectivity index (χ0v) is 18.0. The minimum Gasteiger partial charge on any atom is -0.508 e. The molecule has 2 N–H and O–H groups in total. The van der Waals surface area contributed by atoms with Gasteiger partial charge in [-0.3, -0.25) is 0 Å². The minimum atomic E-state index is -0.279. The molecule has 0 fully saturated rings. The maximum atomic E-state index is 10.4. The van der Waals surface area contributed by atoms with Crippen molar-refractivity contribution in [1.29, 1.82) is 0 Å². The quantitative estimate of drug-likeness (QED) is 0.377. The van der Waals surface area contributed by atoms with Crippen LogP contribution in [0.3, 0.4) is 0 Å². The first kappa shape index (κ1) is 20.7. The molecular formula is C29H28O2. The highest BCUT2D eigenvalue weighted by Gasteiger charge is 2.25. The van der Waals surface area contributed by atoms with Crippen LogP contribution in [0.2, 0.25) is 0 Å². The van der Waals surface area contributed by atoms with Crippen molar-refractivity contribution in [2.45, 2.75) is 32.1 Å². The van der Waals surface area contributed by atoms with Crippen molar-refractivity contribution < 1.29 is 10.2 Å². The maximum absolute atomic E-state index is 10.4. The van der Waals surface area contributed by atoms with Crippen LogP contribution in [0, 0.1) is 0 Å². The molecule has 0 unspecified atom stereocenters. The molecule has 0 heterocycles. The number of benzene rings is 4. The van der Waals surface area contributed by atoms with Crippen molar-refractivity contribution in [3.05, 3.63) is 130 Å². The van der Waals surface area contributed by atoms with Crippen LogP contribution in [0.5, 0.6) is 11.5 Å². The van der Waals surface area contributed by atoms with Crippen molar-refractivity contribution in [2.75, 3.05) is 0 Å². The maximum Gasteiger partial charge on any atom is 0.119 e. The first-order valence-electron chi connectivity index (χ1n) is 10.7. The molecule has 0 saturated carbocycles. The zero-order valence-electron chi connectivity index (χ0n) is 18.0. The van der Waals surface area contributed by atoms with E-state index in [1.54, 1.807) is 12.1 Å². The average molecular weight is 409 g/mol. The van der Waals surface area contributed by atoms with E-state index >= 15 is 0 Å². The average Bonchev–Trinajstić information content (AvgIpc) is 2.78. The number of rotatable bonds is 6. The summed E-state index contributed by atoms with van der Waals surface area (Å²) in [6, 6.07) is 32.2. The Kier molecular flexibility index (Phi) is 5.81. The lowest BCUT2D eigenvalue weighted by molar-refractivity contribution is 0.467. The highest BCUT2D eigenvalue weighted by Crippen LogP contribution is 2.36. The van der Waals surface area contributed by atoms with Gasteiger partial charge in [-0.25, -0.2) is 0 Å². The van der Waals surface area contributed by atoms with E-state index in [0.717, 1.165) is 22.3 Å². The molecule has 156 valence electrons. The van der Waals surface area contributed by atoms with Crippen LogP contribution in [0.15, 0.2) is 97.1 Å². The molecule has 4 aromatic rings. The van der Waals surface area contributed by atoms with Crippen molar-refractivity contribution in [3.63, 3.8) is 0 Å². The molecule has 0 bridgehead atoms. The van der Waals surface area contributed by atoms with Gasteiger partial charge >= 0.3 is 0 Å². The Morgan fingerprint density at radius 3 is 1.32 bits per heavy atom. The number of phenols is 2. The third-order valence-electron chi connectivity index (χ3n) is 6.08. The van der Waals surface area contributed by atoms with E-state index in [4.69, 9.17) is 0 Å². The van der Waals surface area contributed by atoms with Gasteiger partial charge in [-0.2, -0.15) is 0 Å². The minimum absolute atomic E-state index is 0.279. The molecule has 0 aliphatic rings. The molecule has 0 aromatic heterocycles. The Balaban J connectivity index is 1.66. The van der Waals surface area contributed by atoms with Gasteiger partial charge in [-0.05, 0) is 45.5 Å². The molecule has 0 aliphatic carbocycles. The van der Waals surface area contributed by atoms with Gasteiger partial charge in [0.05, 0.1) is 0 Å². The lowest BCUT2D eigenvalue weighted by atomic mass is 9.76. The number of hydrogen-bond donors (Lipinski definition) is 2. The lowest BCUT2D eigenvalue weighted by Crippen LogP contribution is -2.19. The highest BCUT2D eigenvalue weighted by atomic mass is 16.3. The second kappa shape index (κ2) is 8.69. The standard InChI is InChI=1S/C29H28O2/c1-29(2,25-13-15-27(30)23(19-25)17-21-9-5-3-6-10-21)26-14-16-28(31)24(20-26)18-22-11-7-4-8-12-22/h3-16,19-20,30-31H,17-18H2,1-2H3. The summed E-state index contributed by atoms with van der Waals surface area (Å²) in [5.74, 6) is 0.637. The van der Waals surface area contributed by atoms with Crippen LogP contribution < -0.4 is 0 Å². The lowest BCUT2D eigenvalue weighted by Gasteiger charge is -2.28. The van der Waals surface area contributed by atoms with Gasteiger partial charge in [0.25, 0.3) is 0 Å². The molecule has 4 aromatic carbocycles. The van der Waals surface area contributed by atoms with E-state index in [1.165, 1.54) is 11.1 Å². The molecule has 0 aliphatic heterocycles. The molecule has 2 nitrogen and oxygen atoms in total. The number of phenolic OH excluding ortho intramolecular Hbond substituents is 2. The second-order valence-electron chi connectivity index (χ2n) is 8.64.